The molecule has 0 aromatic heterocycles. The first kappa shape index (κ1) is 16.8. The average molecular weight is 265 g/mol. The molecule has 0 radical (unpaired) electrons. The summed E-state index contributed by atoms with van der Waals surface area (Å²) < 4.78 is 0. The van der Waals surface area contributed by atoms with Gasteiger partial charge in [0, 0.05) is 6.04 Å². The molecule has 0 amide bonds. The van der Waals surface area contributed by atoms with Crippen LogP contribution in [0, 0.1) is 5.92 Å². The molecule has 0 fully saturated rings. The number of rotatable bonds is 10. The third-order valence-corrected chi connectivity index (χ3v) is 4.55. The fourth-order valence-electron chi connectivity index (χ4n) is 3.32. The molecule has 0 saturated carbocycles. The number of nitrogens with one attached hydrogen (secondary N) is 1. The Hall–Kier alpha value is -0.300. The molecule has 1 rings (SSSR count). The van der Waals surface area contributed by atoms with Gasteiger partial charge in [-0.25, -0.2) is 0 Å². The van der Waals surface area contributed by atoms with Crippen molar-refractivity contribution in [2.45, 2.75) is 91.0 Å². The first-order valence-electron chi connectivity index (χ1n) is 8.71. The molecule has 0 saturated heterocycles. The van der Waals surface area contributed by atoms with Gasteiger partial charge in [0.15, 0.2) is 0 Å². The molecule has 0 aliphatic heterocycles. The number of unbranched alkanes of at least 4 members (excludes halogenated alkanes) is 1. The third kappa shape index (κ3) is 7.15. The van der Waals surface area contributed by atoms with Crippen LogP contribution in [0.15, 0.2) is 11.6 Å². The van der Waals surface area contributed by atoms with Crippen molar-refractivity contribution < 1.29 is 0 Å². The Morgan fingerprint density at radius 2 is 2.05 bits per heavy atom. The van der Waals surface area contributed by atoms with E-state index in [1.165, 1.54) is 64.2 Å². The van der Waals surface area contributed by atoms with Gasteiger partial charge in [-0.05, 0) is 51.0 Å². The van der Waals surface area contributed by atoms with E-state index in [2.05, 4.69) is 32.2 Å². The molecular formula is C18H35N. The molecule has 0 spiro atoms. The monoisotopic (exact) mass is 265 g/mol. The van der Waals surface area contributed by atoms with E-state index in [9.17, 15) is 0 Å². The summed E-state index contributed by atoms with van der Waals surface area (Å²) in [6, 6.07) is 0.719. The highest BCUT2D eigenvalue weighted by atomic mass is 14.9. The van der Waals surface area contributed by atoms with E-state index in [1.54, 1.807) is 5.57 Å². The highest BCUT2D eigenvalue weighted by Crippen LogP contribution is 2.25. The molecule has 1 nitrogen and oxygen atoms in total. The standard InChI is InChI=1S/C18H35N/c1-4-7-11-16(5-2)14-18(19-6-3)15-17-12-9-8-10-13-17/h12,16,18-19H,4-11,13-15H2,1-3H3. The SMILES string of the molecule is CCCCC(CC)CC(CC1=CCCCC1)NCC. The van der Waals surface area contributed by atoms with Crippen molar-refractivity contribution in [2.75, 3.05) is 6.54 Å². The predicted octanol–water partition coefficient (Wildman–Crippen LogP) is 5.46. The first-order valence-corrected chi connectivity index (χ1v) is 8.71. The van der Waals surface area contributed by atoms with Crippen molar-refractivity contribution in [1.82, 2.24) is 5.32 Å². The fourth-order valence-corrected chi connectivity index (χ4v) is 3.32. The molecule has 2 unspecified atom stereocenters. The molecule has 0 heterocycles. The van der Waals surface area contributed by atoms with E-state index in [1.807, 2.05) is 0 Å². The van der Waals surface area contributed by atoms with Gasteiger partial charge in [-0.15, -0.1) is 0 Å². The molecule has 1 N–H and O–H groups in total. The summed E-state index contributed by atoms with van der Waals surface area (Å²) in [6.45, 7) is 8.03. The highest BCUT2D eigenvalue weighted by molar-refractivity contribution is 5.07. The van der Waals surface area contributed by atoms with Gasteiger partial charge in [0.05, 0.1) is 0 Å². The van der Waals surface area contributed by atoms with Crippen LogP contribution in [-0.2, 0) is 0 Å². The maximum absolute atomic E-state index is 3.73. The second-order valence-corrected chi connectivity index (χ2v) is 6.22. The summed E-state index contributed by atoms with van der Waals surface area (Å²) in [5.74, 6) is 0.924. The van der Waals surface area contributed by atoms with E-state index in [0.717, 1.165) is 18.5 Å². The lowest BCUT2D eigenvalue weighted by molar-refractivity contribution is 0.347. The van der Waals surface area contributed by atoms with Crippen LogP contribution in [0.4, 0.5) is 0 Å². The van der Waals surface area contributed by atoms with Gasteiger partial charge in [-0.1, -0.05) is 58.1 Å². The van der Waals surface area contributed by atoms with E-state index >= 15 is 0 Å². The maximum Gasteiger partial charge on any atom is 0.0107 e. The minimum Gasteiger partial charge on any atom is -0.314 e. The van der Waals surface area contributed by atoms with E-state index in [-0.39, 0.29) is 0 Å². The van der Waals surface area contributed by atoms with Gasteiger partial charge in [-0.2, -0.15) is 0 Å². The van der Waals surface area contributed by atoms with E-state index < -0.39 is 0 Å². The zero-order valence-corrected chi connectivity index (χ0v) is 13.5. The lowest BCUT2D eigenvalue weighted by atomic mass is 9.87. The van der Waals surface area contributed by atoms with Crippen LogP contribution < -0.4 is 5.32 Å². The van der Waals surface area contributed by atoms with Gasteiger partial charge in [0.2, 0.25) is 0 Å². The minimum atomic E-state index is 0.719. The Balaban J connectivity index is 2.43. The molecule has 0 aromatic carbocycles. The van der Waals surface area contributed by atoms with Gasteiger partial charge < -0.3 is 5.32 Å². The van der Waals surface area contributed by atoms with Crippen LogP contribution in [0.5, 0.6) is 0 Å². The smallest absolute Gasteiger partial charge is 0.0107 e. The number of allylic oxidation sites excluding steroid dienone is 1. The zero-order valence-electron chi connectivity index (χ0n) is 13.5. The van der Waals surface area contributed by atoms with Crippen LogP contribution in [0.1, 0.15) is 85.0 Å². The van der Waals surface area contributed by atoms with Crippen molar-refractivity contribution in [3.05, 3.63) is 11.6 Å². The molecular weight excluding hydrogens is 230 g/mol. The number of hydrogen-bond donors (Lipinski definition) is 1. The first-order chi connectivity index (χ1) is 9.30. The molecule has 0 aromatic rings. The van der Waals surface area contributed by atoms with Crippen LogP contribution in [0.2, 0.25) is 0 Å². The van der Waals surface area contributed by atoms with Gasteiger partial charge >= 0.3 is 0 Å². The van der Waals surface area contributed by atoms with Crippen LogP contribution in [0.3, 0.4) is 0 Å². The summed E-state index contributed by atoms with van der Waals surface area (Å²) in [5.41, 5.74) is 1.72. The van der Waals surface area contributed by atoms with Crippen molar-refractivity contribution >= 4 is 0 Å². The summed E-state index contributed by atoms with van der Waals surface area (Å²) in [5, 5.41) is 3.73. The summed E-state index contributed by atoms with van der Waals surface area (Å²) in [6.07, 6.45) is 16.2. The van der Waals surface area contributed by atoms with Gasteiger partial charge in [0.1, 0.15) is 0 Å². The largest absolute Gasteiger partial charge is 0.314 e. The van der Waals surface area contributed by atoms with Gasteiger partial charge in [-0.3, -0.25) is 0 Å². The molecule has 1 heteroatoms. The minimum absolute atomic E-state index is 0.719. The fraction of sp³-hybridized carbons (Fsp3) is 0.889. The molecule has 112 valence electrons. The molecule has 1 aliphatic rings. The summed E-state index contributed by atoms with van der Waals surface area (Å²) in [4.78, 5) is 0. The highest BCUT2D eigenvalue weighted by Gasteiger charge is 2.16. The second kappa shape index (κ2) is 10.5. The van der Waals surface area contributed by atoms with Crippen molar-refractivity contribution in [3.63, 3.8) is 0 Å². The summed E-state index contributed by atoms with van der Waals surface area (Å²) in [7, 11) is 0. The maximum atomic E-state index is 3.73. The Labute approximate surface area is 121 Å². The Kier molecular flexibility index (Phi) is 9.24. The average Bonchev–Trinajstić information content (AvgIpc) is 2.44. The second-order valence-electron chi connectivity index (χ2n) is 6.22. The van der Waals surface area contributed by atoms with Gasteiger partial charge in [0.25, 0.3) is 0 Å². The quantitative estimate of drug-likeness (QED) is 0.517. The predicted molar refractivity (Wildman–Crippen MR) is 86.6 cm³/mol. The van der Waals surface area contributed by atoms with Crippen LogP contribution in [-0.4, -0.2) is 12.6 Å². The Bertz CT molecular complexity index is 244. The van der Waals surface area contributed by atoms with Crippen molar-refractivity contribution in [1.29, 1.82) is 0 Å². The zero-order chi connectivity index (χ0) is 13.9. The lowest BCUT2D eigenvalue weighted by Crippen LogP contribution is -2.31. The molecule has 19 heavy (non-hydrogen) atoms. The summed E-state index contributed by atoms with van der Waals surface area (Å²) >= 11 is 0. The normalized spacial score (nSPS) is 19.0. The molecule has 1 aliphatic carbocycles. The molecule has 0 bridgehead atoms. The lowest BCUT2D eigenvalue weighted by Gasteiger charge is -2.25. The van der Waals surface area contributed by atoms with Crippen molar-refractivity contribution in [3.8, 4) is 0 Å². The van der Waals surface area contributed by atoms with E-state index in [4.69, 9.17) is 0 Å². The van der Waals surface area contributed by atoms with Crippen LogP contribution >= 0.6 is 0 Å². The Morgan fingerprint density at radius 1 is 1.21 bits per heavy atom. The molecule has 2 atom stereocenters. The van der Waals surface area contributed by atoms with Crippen molar-refractivity contribution in [2.24, 2.45) is 5.92 Å². The van der Waals surface area contributed by atoms with Crippen LogP contribution in [0.25, 0.3) is 0 Å². The number of hydrogen-bond acceptors (Lipinski definition) is 1. The van der Waals surface area contributed by atoms with E-state index in [0.29, 0.717) is 0 Å². The third-order valence-electron chi connectivity index (χ3n) is 4.55. The Morgan fingerprint density at radius 3 is 2.63 bits per heavy atom. The topological polar surface area (TPSA) is 12.0 Å².